The van der Waals surface area contributed by atoms with Gasteiger partial charge in [-0.25, -0.2) is 0 Å². The molecular weight excluding hydrogens is 1160 g/mol. The number of aliphatic hydroxyl groups excluding tert-OH is 2. The summed E-state index contributed by atoms with van der Waals surface area (Å²) in [6, 6.07) is -0.629. The second kappa shape index (κ2) is 84.0. The lowest BCUT2D eigenvalue weighted by Gasteiger charge is -2.20. The predicted octanol–water partition coefficient (Wildman–Crippen LogP) is 28.9. The number of carbonyl (C=O) groups excluding carboxylic acids is 2. The Morgan fingerprint density at radius 2 is 0.526 bits per heavy atom. The number of unbranched alkanes of at least 4 members (excludes halogenated alkanes) is 62. The third-order valence-electron chi connectivity index (χ3n) is 20.0. The Morgan fingerprint density at radius 3 is 0.811 bits per heavy atom. The lowest BCUT2D eigenvalue weighted by Crippen LogP contribution is -2.45. The first kappa shape index (κ1) is 92.6. The number of esters is 1. The maximum Gasteiger partial charge on any atom is 0.305 e. The van der Waals surface area contributed by atoms with Crippen molar-refractivity contribution in [3.05, 3.63) is 60.8 Å². The van der Waals surface area contributed by atoms with Crippen LogP contribution in [0.3, 0.4) is 0 Å². The van der Waals surface area contributed by atoms with Gasteiger partial charge < -0.3 is 20.3 Å². The highest BCUT2D eigenvalue weighted by Gasteiger charge is 2.18. The fourth-order valence-electron chi connectivity index (χ4n) is 13.5. The minimum Gasteiger partial charge on any atom is -0.466 e. The van der Waals surface area contributed by atoms with Gasteiger partial charge in [0, 0.05) is 12.8 Å². The first-order valence-corrected chi connectivity index (χ1v) is 43.1. The van der Waals surface area contributed by atoms with Gasteiger partial charge in [-0.3, -0.25) is 9.59 Å². The van der Waals surface area contributed by atoms with Crippen molar-refractivity contribution < 1.29 is 24.5 Å². The molecule has 0 saturated carbocycles. The van der Waals surface area contributed by atoms with Crippen molar-refractivity contribution in [1.29, 1.82) is 0 Å². The molecule has 0 aromatic rings. The van der Waals surface area contributed by atoms with Crippen molar-refractivity contribution in [2.24, 2.45) is 0 Å². The largest absolute Gasteiger partial charge is 0.466 e. The van der Waals surface area contributed by atoms with Crippen LogP contribution in [0.5, 0.6) is 0 Å². The van der Waals surface area contributed by atoms with Crippen LogP contribution >= 0.6 is 0 Å². The molecular formula is C89H167NO5. The lowest BCUT2D eigenvalue weighted by atomic mass is 10.0. The van der Waals surface area contributed by atoms with Crippen LogP contribution < -0.4 is 5.32 Å². The van der Waals surface area contributed by atoms with E-state index in [4.69, 9.17) is 4.74 Å². The molecule has 0 aliphatic heterocycles. The first-order chi connectivity index (χ1) is 47.0. The molecule has 6 nitrogen and oxygen atoms in total. The van der Waals surface area contributed by atoms with Crippen LogP contribution in [-0.2, 0) is 14.3 Å². The van der Waals surface area contributed by atoms with Gasteiger partial charge in [0.2, 0.25) is 5.91 Å². The van der Waals surface area contributed by atoms with Gasteiger partial charge >= 0.3 is 5.97 Å². The van der Waals surface area contributed by atoms with E-state index < -0.39 is 12.1 Å². The molecule has 0 heterocycles. The van der Waals surface area contributed by atoms with Gasteiger partial charge in [-0.2, -0.15) is 0 Å². The number of amides is 1. The zero-order valence-electron chi connectivity index (χ0n) is 64.2. The van der Waals surface area contributed by atoms with Gasteiger partial charge in [-0.15, -0.1) is 0 Å². The highest BCUT2D eigenvalue weighted by molar-refractivity contribution is 5.76. The highest BCUT2D eigenvalue weighted by Crippen LogP contribution is 2.20. The Morgan fingerprint density at radius 1 is 0.295 bits per heavy atom. The van der Waals surface area contributed by atoms with Crippen molar-refractivity contribution in [2.75, 3.05) is 13.2 Å². The summed E-state index contributed by atoms with van der Waals surface area (Å²) in [4.78, 5) is 24.7. The van der Waals surface area contributed by atoms with E-state index in [1.54, 1.807) is 6.08 Å². The smallest absolute Gasteiger partial charge is 0.305 e. The third-order valence-corrected chi connectivity index (χ3v) is 20.0. The quantitative estimate of drug-likeness (QED) is 0.0320. The fraction of sp³-hybridized carbons (Fsp3) is 0.865. The van der Waals surface area contributed by atoms with Gasteiger partial charge in [0.05, 0.1) is 25.4 Å². The number of carbonyl (C=O) groups is 2. The minimum atomic E-state index is -0.846. The maximum atomic E-state index is 12.6. The number of allylic oxidation sites excluding steroid dienone is 9. The van der Waals surface area contributed by atoms with Crippen LogP contribution in [0.2, 0.25) is 0 Å². The molecule has 0 rings (SSSR count). The SMILES string of the molecule is CCCCCC/C=C\C/C=C\CCCCCCCCCC(=O)OCCCCCCCCCCCCC/C=C\C/C=C\CCCCCCCCCCCCCCCCCCCC(=O)NC(CO)C(O)/C=C/CCCCCCCCCCCCCCCCCCCCCCCCC. The summed E-state index contributed by atoms with van der Waals surface area (Å²) in [7, 11) is 0. The zero-order chi connectivity index (χ0) is 68.4. The number of rotatable bonds is 81. The Bertz CT molecular complexity index is 1630. The van der Waals surface area contributed by atoms with E-state index in [0.29, 0.717) is 19.4 Å². The normalized spacial score (nSPS) is 12.8. The fourth-order valence-corrected chi connectivity index (χ4v) is 13.5. The maximum absolute atomic E-state index is 12.6. The van der Waals surface area contributed by atoms with Crippen LogP contribution in [0.1, 0.15) is 470 Å². The van der Waals surface area contributed by atoms with Gasteiger partial charge in [0.15, 0.2) is 0 Å². The van der Waals surface area contributed by atoms with Crippen molar-refractivity contribution in [2.45, 2.75) is 482 Å². The van der Waals surface area contributed by atoms with Crippen molar-refractivity contribution >= 4 is 11.9 Å². The summed E-state index contributed by atoms with van der Waals surface area (Å²) in [6.45, 7) is 4.93. The molecule has 2 atom stereocenters. The molecule has 0 aromatic carbocycles. The molecule has 0 bridgehead atoms. The summed E-state index contributed by atoms with van der Waals surface area (Å²) < 4.78 is 5.51. The molecule has 6 heteroatoms. The molecule has 3 N–H and O–H groups in total. The van der Waals surface area contributed by atoms with E-state index in [0.717, 1.165) is 57.8 Å². The average molecular weight is 1330 g/mol. The molecule has 0 aromatic heterocycles. The molecule has 0 aliphatic rings. The Kier molecular flexibility index (Phi) is 81.8. The Hall–Kier alpha value is -2.44. The first-order valence-electron chi connectivity index (χ1n) is 43.1. The van der Waals surface area contributed by atoms with Crippen molar-refractivity contribution in [3.63, 3.8) is 0 Å². The highest BCUT2D eigenvalue weighted by atomic mass is 16.5. The number of aliphatic hydroxyl groups is 2. The molecule has 558 valence electrons. The topological polar surface area (TPSA) is 95.9 Å². The second-order valence-electron chi connectivity index (χ2n) is 29.5. The Balaban J connectivity index is 3.40. The summed E-state index contributed by atoms with van der Waals surface area (Å²) in [5.41, 5.74) is 0. The van der Waals surface area contributed by atoms with Crippen LogP contribution in [0.4, 0.5) is 0 Å². The molecule has 0 spiro atoms. The van der Waals surface area contributed by atoms with Gasteiger partial charge in [0.1, 0.15) is 0 Å². The monoisotopic (exact) mass is 1330 g/mol. The van der Waals surface area contributed by atoms with E-state index >= 15 is 0 Å². The molecule has 0 fully saturated rings. The summed E-state index contributed by atoms with van der Waals surface area (Å²) in [5.74, 6) is -0.0511. The van der Waals surface area contributed by atoms with Crippen LogP contribution in [0.15, 0.2) is 60.8 Å². The zero-order valence-corrected chi connectivity index (χ0v) is 64.2. The average Bonchev–Trinajstić information content (AvgIpc) is 3.31. The number of ether oxygens (including phenoxy) is 1. The van der Waals surface area contributed by atoms with Crippen LogP contribution in [0, 0.1) is 0 Å². The summed E-state index contributed by atoms with van der Waals surface area (Å²) in [6.07, 6.45) is 114. The van der Waals surface area contributed by atoms with E-state index in [2.05, 4.69) is 67.8 Å². The number of nitrogens with one attached hydrogen (secondary N) is 1. The Labute approximate surface area is 594 Å². The molecule has 0 aliphatic carbocycles. The van der Waals surface area contributed by atoms with Crippen LogP contribution in [-0.4, -0.2) is 47.4 Å². The van der Waals surface area contributed by atoms with Crippen molar-refractivity contribution in [1.82, 2.24) is 5.32 Å². The van der Waals surface area contributed by atoms with Crippen LogP contribution in [0.25, 0.3) is 0 Å². The molecule has 2 unspecified atom stereocenters. The lowest BCUT2D eigenvalue weighted by molar-refractivity contribution is -0.143. The molecule has 1 amide bonds. The van der Waals surface area contributed by atoms with E-state index in [1.165, 1.54) is 385 Å². The standard InChI is InChI=1S/C89H167NO5/c1-3-5-7-9-11-13-15-17-19-21-23-24-25-37-40-43-46-49-53-57-61-65-69-73-77-81-87(92)86(85-91)90-88(93)82-78-74-70-66-62-58-54-50-47-44-41-38-35-33-31-29-27-26-28-30-32-34-36-39-42-45-48-52-56-60-64-68-72-76-80-84-95-89(94)83-79-75-71-67-63-59-55-51-22-20-18-16-14-12-10-8-6-4-2/h14,16,20,22,28,30,34,36,77,81,86-87,91-92H,3-13,15,17-19,21,23-27,29,31-33,35,37-76,78-80,82-85H2,1-2H3,(H,90,93)/b16-14-,22-20-,30-28-,36-34-,81-77+. The summed E-state index contributed by atoms with van der Waals surface area (Å²) >= 11 is 0. The molecule has 0 saturated heterocycles. The molecule has 0 radical (unpaired) electrons. The number of hydrogen-bond acceptors (Lipinski definition) is 5. The van der Waals surface area contributed by atoms with Gasteiger partial charge in [0.25, 0.3) is 0 Å². The third kappa shape index (κ3) is 80.4. The van der Waals surface area contributed by atoms with E-state index in [1.807, 2.05) is 6.08 Å². The minimum absolute atomic E-state index is 0.00969. The predicted molar refractivity (Wildman–Crippen MR) is 421 cm³/mol. The van der Waals surface area contributed by atoms with Gasteiger partial charge in [-0.05, 0) is 96.3 Å². The van der Waals surface area contributed by atoms with Crippen molar-refractivity contribution in [3.8, 4) is 0 Å². The van der Waals surface area contributed by atoms with E-state index in [-0.39, 0.29) is 18.5 Å². The van der Waals surface area contributed by atoms with Gasteiger partial charge in [-0.1, -0.05) is 421 Å². The van der Waals surface area contributed by atoms with E-state index in [9.17, 15) is 19.8 Å². The number of hydrogen-bond donors (Lipinski definition) is 3. The second-order valence-corrected chi connectivity index (χ2v) is 29.5. The molecule has 95 heavy (non-hydrogen) atoms. The summed E-state index contributed by atoms with van der Waals surface area (Å²) in [5, 5.41) is 23.3.